The quantitative estimate of drug-likeness (QED) is 0.866. The molecule has 2 aromatic rings. The van der Waals surface area contributed by atoms with E-state index in [-0.39, 0.29) is 0 Å². The fraction of sp³-hybridized carbons (Fsp3) is 0.409. The molecule has 1 N–H and O–H groups in total. The van der Waals surface area contributed by atoms with Gasteiger partial charge < -0.3 is 5.32 Å². The number of nitrogens with one attached hydrogen (secondary N) is 1. The fourth-order valence-corrected chi connectivity index (χ4v) is 3.59. The van der Waals surface area contributed by atoms with E-state index in [9.17, 15) is 0 Å². The molecule has 0 amide bonds. The summed E-state index contributed by atoms with van der Waals surface area (Å²) in [6.45, 7) is 7.54. The van der Waals surface area contributed by atoms with Crippen LogP contribution in [0.1, 0.15) is 42.0 Å². The van der Waals surface area contributed by atoms with E-state index in [0.717, 1.165) is 25.6 Å². The predicted octanol–water partition coefficient (Wildman–Crippen LogP) is 4.08. The number of nitrogens with zero attached hydrogens (tertiary/aromatic N) is 2. The molecule has 0 spiro atoms. The van der Waals surface area contributed by atoms with Crippen molar-refractivity contribution in [2.24, 2.45) is 5.92 Å². The summed E-state index contributed by atoms with van der Waals surface area (Å²) in [7, 11) is 0. The molecule has 25 heavy (non-hydrogen) atoms. The standard InChI is InChI=1S/C22H27N3/c1-18-5-4-12-25(16-18)17-22-7-3-2-6-21(22)15-24-14-20-10-8-19(13-23)9-11-20/h2-3,6-11,18,24H,4-5,12,14-17H2,1H3. The molecule has 3 rings (SSSR count). The van der Waals surface area contributed by atoms with E-state index in [2.05, 4.69) is 47.5 Å². The van der Waals surface area contributed by atoms with Crippen molar-refractivity contribution >= 4 is 0 Å². The Hall–Kier alpha value is -2.15. The Morgan fingerprint density at radius 3 is 2.56 bits per heavy atom. The Balaban J connectivity index is 1.56. The molecule has 0 bridgehead atoms. The van der Waals surface area contributed by atoms with Gasteiger partial charge in [-0.15, -0.1) is 0 Å². The number of hydrogen-bond donors (Lipinski definition) is 1. The van der Waals surface area contributed by atoms with E-state index in [0.29, 0.717) is 5.56 Å². The largest absolute Gasteiger partial charge is 0.309 e. The van der Waals surface area contributed by atoms with Crippen molar-refractivity contribution < 1.29 is 0 Å². The van der Waals surface area contributed by atoms with Crippen LogP contribution in [-0.4, -0.2) is 18.0 Å². The first kappa shape index (κ1) is 17.7. The third-order valence-electron chi connectivity index (χ3n) is 4.98. The van der Waals surface area contributed by atoms with Gasteiger partial charge in [-0.2, -0.15) is 5.26 Å². The number of rotatable bonds is 6. The molecule has 0 aromatic heterocycles. The van der Waals surface area contributed by atoms with Gasteiger partial charge in [0.15, 0.2) is 0 Å². The van der Waals surface area contributed by atoms with Crippen molar-refractivity contribution in [3.8, 4) is 6.07 Å². The minimum Gasteiger partial charge on any atom is -0.309 e. The first-order chi connectivity index (χ1) is 12.2. The molecule has 3 nitrogen and oxygen atoms in total. The third-order valence-corrected chi connectivity index (χ3v) is 4.98. The summed E-state index contributed by atoms with van der Waals surface area (Å²) in [5.74, 6) is 0.815. The SMILES string of the molecule is CC1CCCN(Cc2ccccc2CNCc2ccc(C#N)cc2)C1. The van der Waals surface area contributed by atoms with Crippen molar-refractivity contribution in [2.45, 2.75) is 39.4 Å². The lowest BCUT2D eigenvalue weighted by Crippen LogP contribution is -2.34. The Bertz CT molecular complexity index is 715. The number of likely N-dealkylation sites (tertiary alicyclic amines) is 1. The van der Waals surface area contributed by atoms with Gasteiger partial charge in [0.1, 0.15) is 0 Å². The van der Waals surface area contributed by atoms with Crippen LogP contribution in [0.4, 0.5) is 0 Å². The molecule has 3 heteroatoms. The molecule has 1 unspecified atom stereocenters. The number of piperidine rings is 1. The van der Waals surface area contributed by atoms with Gasteiger partial charge in [-0.05, 0) is 54.1 Å². The van der Waals surface area contributed by atoms with Crippen LogP contribution >= 0.6 is 0 Å². The summed E-state index contributed by atoms with van der Waals surface area (Å²) in [5, 5.41) is 12.4. The van der Waals surface area contributed by atoms with Crippen LogP contribution in [-0.2, 0) is 19.6 Å². The van der Waals surface area contributed by atoms with Crippen LogP contribution in [0.2, 0.25) is 0 Å². The van der Waals surface area contributed by atoms with E-state index >= 15 is 0 Å². The Labute approximate surface area is 151 Å². The molecule has 0 radical (unpaired) electrons. The van der Waals surface area contributed by atoms with Crippen molar-refractivity contribution in [3.63, 3.8) is 0 Å². The maximum atomic E-state index is 8.87. The first-order valence-electron chi connectivity index (χ1n) is 9.23. The first-order valence-corrected chi connectivity index (χ1v) is 9.23. The Kier molecular flexibility index (Phi) is 6.22. The van der Waals surface area contributed by atoms with Crippen LogP contribution < -0.4 is 5.32 Å². The lowest BCUT2D eigenvalue weighted by molar-refractivity contribution is 0.176. The van der Waals surface area contributed by atoms with Gasteiger partial charge >= 0.3 is 0 Å². The second kappa shape index (κ2) is 8.80. The topological polar surface area (TPSA) is 39.1 Å². The van der Waals surface area contributed by atoms with E-state index < -0.39 is 0 Å². The third kappa shape index (κ3) is 5.16. The van der Waals surface area contributed by atoms with Crippen molar-refractivity contribution in [3.05, 3.63) is 70.8 Å². The van der Waals surface area contributed by atoms with Gasteiger partial charge in [-0.3, -0.25) is 4.90 Å². The maximum absolute atomic E-state index is 8.87. The average Bonchev–Trinajstić information content (AvgIpc) is 2.64. The number of hydrogen-bond acceptors (Lipinski definition) is 3. The van der Waals surface area contributed by atoms with Crippen LogP contribution in [0.3, 0.4) is 0 Å². The highest BCUT2D eigenvalue weighted by molar-refractivity contribution is 5.32. The summed E-state index contributed by atoms with van der Waals surface area (Å²) in [4.78, 5) is 2.59. The van der Waals surface area contributed by atoms with Gasteiger partial charge in [-0.1, -0.05) is 43.3 Å². The maximum Gasteiger partial charge on any atom is 0.0991 e. The van der Waals surface area contributed by atoms with Gasteiger partial charge in [-0.25, -0.2) is 0 Å². The lowest BCUT2D eigenvalue weighted by Gasteiger charge is -2.31. The van der Waals surface area contributed by atoms with Crippen LogP contribution in [0, 0.1) is 17.2 Å². The zero-order valence-corrected chi connectivity index (χ0v) is 15.0. The summed E-state index contributed by atoms with van der Waals surface area (Å²) < 4.78 is 0. The molecule has 1 heterocycles. The molecule has 1 atom stereocenters. The highest BCUT2D eigenvalue weighted by Gasteiger charge is 2.17. The zero-order chi connectivity index (χ0) is 17.5. The number of nitriles is 1. The monoisotopic (exact) mass is 333 g/mol. The van der Waals surface area contributed by atoms with Gasteiger partial charge in [0.25, 0.3) is 0 Å². The molecule has 0 saturated carbocycles. The van der Waals surface area contributed by atoms with Crippen LogP contribution in [0.25, 0.3) is 0 Å². The molecule has 1 aliphatic heterocycles. The van der Waals surface area contributed by atoms with Crippen molar-refractivity contribution in [2.75, 3.05) is 13.1 Å². The molecule has 1 aliphatic rings. The molecule has 2 aromatic carbocycles. The van der Waals surface area contributed by atoms with E-state index in [4.69, 9.17) is 5.26 Å². The minimum absolute atomic E-state index is 0.713. The summed E-state index contributed by atoms with van der Waals surface area (Å²) in [6, 6.07) is 18.7. The molecule has 130 valence electrons. The van der Waals surface area contributed by atoms with Crippen molar-refractivity contribution in [1.82, 2.24) is 10.2 Å². The second-order valence-corrected chi connectivity index (χ2v) is 7.16. The van der Waals surface area contributed by atoms with Crippen molar-refractivity contribution in [1.29, 1.82) is 5.26 Å². The van der Waals surface area contributed by atoms with Crippen LogP contribution in [0.5, 0.6) is 0 Å². The normalized spacial score (nSPS) is 18.0. The van der Waals surface area contributed by atoms with E-state index in [1.165, 1.54) is 42.6 Å². The Morgan fingerprint density at radius 1 is 1.08 bits per heavy atom. The fourth-order valence-electron chi connectivity index (χ4n) is 3.59. The smallest absolute Gasteiger partial charge is 0.0991 e. The van der Waals surface area contributed by atoms with Crippen LogP contribution in [0.15, 0.2) is 48.5 Å². The molecule has 0 aliphatic carbocycles. The molecule has 1 saturated heterocycles. The van der Waals surface area contributed by atoms with Gasteiger partial charge in [0.05, 0.1) is 11.6 Å². The summed E-state index contributed by atoms with van der Waals surface area (Å²) >= 11 is 0. The van der Waals surface area contributed by atoms with E-state index in [1.807, 2.05) is 24.3 Å². The zero-order valence-electron chi connectivity index (χ0n) is 15.0. The molecular weight excluding hydrogens is 306 g/mol. The predicted molar refractivity (Wildman–Crippen MR) is 102 cm³/mol. The second-order valence-electron chi connectivity index (χ2n) is 7.16. The lowest BCUT2D eigenvalue weighted by atomic mass is 9.99. The summed E-state index contributed by atoms with van der Waals surface area (Å²) in [5.41, 5.74) is 4.74. The molecular formula is C22H27N3. The highest BCUT2D eigenvalue weighted by Crippen LogP contribution is 2.19. The average molecular weight is 333 g/mol. The van der Waals surface area contributed by atoms with E-state index in [1.54, 1.807) is 0 Å². The summed E-state index contributed by atoms with van der Waals surface area (Å²) in [6.07, 6.45) is 2.69. The van der Waals surface area contributed by atoms with Gasteiger partial charge in [0, 0.05) is 26.2 Å². The number of benzene rings is 2. The minimum atomic E-state index is 0.713. The van der Waals surface area contributed by atoms with Gasteiger partial charge in [0.2, 0.25) is 0 Å². The Morgan fingerprint density at radius 2 is 1.84 bits per heavy atom. The molecule has 1 fully saturated rings. The highest BCUT2D eigenvalue weighted by atomic mass is 15.1.